The lowest BCUT2D eigenvalue weighted by atomic mass is 10.1. The molecular formula is C10H9IN2O. The smallest absolute Gasteiger partial charge is 0.258 e. The maximum Gasteiger partial charge on any atom is 0.258 e. The second-order valence-corrected chi connectivity index (χ2v) is 4.15. The van der Waals surface area contributed by atoms with Crippen LogP contribution in [0.1, 0.15) is 11.1 Å². The van der Waals surface area contributed by atoms with Crippen LogP contribution in [0.25, 0.3) is 11.5 Å². The maximum atomic E-state index is 5.12. The van der Waals surface area contributed by atoms with Crippen LogP contribution in [-0.2, 0) is 0 Å². The molecule has 2 rings (SSSR count). The number of benzene rings is 1. The molecule has 0 N–H and O–H groups in total. The van der Waals surface area contributed by atoms with Gasteiger partial charge in [-0.05, 0) is 25.5 Å². The summed E-state index contributed by atoms with van der Waals surface area (Å²) < 4.78 is 5.76. The molecule has 0 saturated carbocycles. The van der Waals surface area contributed by atoms with Crippen LogP contribution in [0, 0.1) is 17.7 Å². The van der Waals surface area contributed by atoms with Gasteiger partial charge in [-0.2, -0.15) is 4.98 Å². The van der Waals surface area contributed by atoms with Gasteiger partial charge in [-0.25, -0.2) is 0 Å². The van der Waals surface area contributed by atoms with Gasteiger partial charge in [-0.3, -0.25) is 0 Å². The molecule has 0 amide bonds. The van der Waals surface area contributed by atoms with Crippen molar-refractivity contribution in [3.05, 3.63) is 33.2 Å². The fourth-order valence-corrected chi connectivity index (χ4v) is 1.60. The van der Waals surface area contributed by atoms with Crippen molar-refractivity contribution in [2.24, 2.45) is 0 Å². The molecule has 0 radical (unpaired) electrons. The van der Waals surface area contributed by atoms with E-state index < -0.39 is 0 Å². The van der Waals surface area contributed by atoms with Gasteiger partial charge in [0.15, 0.2) is 0 Å². The zero-order chi connectivity index (χ0) is 10.1. The first kappa shape index (κ1) is 9.64. The van der Waals surface area contributed by atoms with E-state index in [1.54, 1.807) is 0 Å². The maximum absolute atomic E-state index is 5.12. The Hall–Kier alpha value is -0.910. The van der Waals surface area contributed by atoms with E-state index in [9.17, 15) is 0 Å². The summed E-state index contributed by atoms with van der Waals surface area (Å²) in [5.41, 5.74) is 3.36. The Morgan fingerprint density at radius 1 is 1.29 bits per heavy atom. The number of aromatic nitrogens is 2. The molecule has 0 aliphatic carbocycles. The standard InChI is InChI=1S/C10H9IN2O/c1-6-3-4-7(2)8(5-6)9-12-10(11)13-14-9/h3-5H,1-2H3. The molecule has 0 spiro atoms. The molecule has 0 atom stereocenters. The van der Waals surface area contributed by atoms with Gasteiger partial charge < -0.3 is 4.52 Å². The lowest BCUT2D eigenvalue weighted by Gasteiger charge is -2.00. The summed E-state index contributed by atoms with van der Waals surface area (Å²) in [6.07, 6.45) is 0. The van der Waals surface area contributed by atoms with E-state index >= 15 is 0 Å². The summed E-state index contributed by atoms with van der Waals surface area (Å²) in [7, 11) is 0. The quantitative estimate of drug-likeness (QED) is 0.760. The van der Waals surface area contributed by atoms with Gasteiger partial charge >= 0.3 is 0 Å². The molecule has 0 unspecified atom stereocenters. The molecule has 72 valence electrons. The number of hydrogen-bond acceptors (Lipinski definition) is 3. The molecule has 14 heavy (non-hydrogen) atoms. The van der Waals surface area contributed by atoms with Crippen LogP contribution in [-0.4, -0.2) is 10.1 Å². The lowest BCUT2D eigenvalue weighted by molar-refractivity contribution is 0.425. The molecule has 0 aliphatic rings. The van der Waals surface area contributed by atoms with Gasteiger partial charge in [0.2, 0.25) is 3.83 Å². The van der Waals surface area contributed by atoms with Crippen LogP contribution in [0.3, 0.4) is 0 Å². The monoisotopic (exact) mass is 300 g/mol. The Bertz CT molecular complexity index is 465. The van der Waals surface area contributed by atoms with Crippen molar-refractivity contribution in [1.29, 1.82) is 0 Å². The van der Waals surface area contributed by atoms with Gasteiger partial charge in [-0.15, -0.1) is 0 Å². The molecule has 2 aromatic rings. The van der Waals surface area contributed by atoms with Gasteiger partial charge in [0.25, 0.3) is 5.89 Å². The fraction of sp³-hybridized carbons (Fsp3) is 0.200. The largest absolute Gasteiger partial charge is 0.333 e. The van der Waals surface area contributed by atoms with Crippen molar-refractivity contribution in [2.75, 3.05) is 0 Å². The summed E-state index contributed by atoms with van der Waals surface area (Å²) in [5.74, 6) is 0.593. The fourth-order valence-electron chi connectivity index (χ4n) is 1.28. The van der Waals surface area contributed by atoms with Crippen LogP contribution >= 0.6 is 22.6 Å². The predicted molar refractivity (Wildman–Crippen MR) is 61.9 cm³/mol. The zero-order valence-electron chi connectivity index (χ0n) is 7.91. The van der Waals surface area contributed by atoms with Crippen molar-refractivity contribution in [1.82, 2.24) is 10.1 Å². The van der Waals surface area contributed by atoms with Gasteiger partial charge in [0, 0.05) is 28.2 Å². The Labute approximate surface area is 95.7 Å². The average molecular weight is 300 g/mol. The minimum Gasteiger partial charge on any atom is -0.333 e. The number of hydrogen-bond donors (Lipinski definition) is 0. The second-order valence-electron chi connectivity index (χ2n) is 3.19. The number of rotatable bonds is 1. The van der Waals surface area contributed by atoms with Crippen LogP contribution in [0.4, 0.5) is 0 Å². The normalized spacial score (nSPS) is 10.5. The first-order chi connectivity index (χ1) is 6.66. The van der Waals surface area contributed by atoms with Crippen molar-refractivity contribution in [3.63, 3.8) is 0 Å². The topological polar surface area (TPSA) is 38.9 Å². The highest BCUT2D eigenvalue weighted by atomic mass is 127. The van der Waals surface area contributed by atoms with E-state index in [2.05, 4.69) is 28.3 Å². The first-order valence-electron chi connectivity index (χ1n) is 4.23. The van der Waals surface area contributed by atoms with Gasteiger partial charge in [0.05, 0.1) is 0 Å². The number of nitrogens with zero attached hydrogens (tertiary/aromatic N) is 2. The molecule has 0 fully saturated rings. The molecule has 0 saturated heterocycles. The summed E-state index contributed by atoms with van der Waals surface area (Å²) >= 11 is 2.03. The second kappa shape index (κ2) is 3.68. The zero-order valence-corrected chi connectivity index (χ0v) is 10.1. The third-order valence-electron chi connectivity index (χ3n) is 2.02. The van der Waals surface area contributed by atoms with Crippen molar-refractivity contribution >= 4 is 22.6 Å². The Balaban J connectivity index is 2.55. The van der Waals surface area contributed by atoms with Gasteiger partial charge in [-0.1, -0.05) is 22.9 Å². The molecular weight excluding hydrogens is 291 g/mol. The summed E-state index contributed by atoms with van der Waals surface area (Å²) in [6, 6.07) is 6.18. The van der Waals surface area contributed by atoms with Gasteiger partial charge in [0.1, 0.15) is 0 Å². The van der Waals surface area contributed by atoms with Crippen molar-refractivity contribution in [2.45, 2.75) is 13.8 Å². The summed E-state index contributed by atoms with van der Waals surface area (Å²) in [5, 5.41) is 3.76. The van der Waals surface area contributed by atoms with E-state index in [1.807, 2.05) is 36.4 Å². The first-order valence-corrected chi connectivity index (χ1v) is 5.31. The highest BCUT2D eigenvalue weighted by Gasteiger charge is 2.09. The molecule has 1 heterocycles. The molecule has 0 aliphatic heterocycles. The van der Waals surface area contributed by atoms with Crippen LogP contribution < -0.4 is 0 Å². The Morgan fingerprint density at radius 3 is 2.71 bits per heavy atom. The summed E-state index contributed by atoms with van der Waals surface area (Å²) in [4.78, 5) is 4.19. The van der Waals surface area contributed by atoms with Crippen molar-refractivity contribution < 1.29 is 4.52 Å². The lowest BCUT2D eigenvalue weighted by Crippen LogP contribution is -1.84. The number of halogens is 1. The van der Waals surface area contributed by atoms with Crippen LogP contribution in [0.15, 0.2) is 22.7 Å². The van der Waals surface area contributed by atoms with E-state index in [4.69, 9.17) is 4.52 Å². The Kier molecular flexibility index (Phi) is 2.54. The average Bonchev–Trinajstić information content (AvgIpc) is 2.56. The molecule has 1 aromatic heterocycles. The summed E-state index contributed by atoms with van der Waals surface area (Å²) in [6.45, 7) is 4.08. The van der Waals surface area contributed by atoms with Crippen molar-refractivity contribution in [3.8, 4) is 11.5 Å². The minimum atomic E-state index is 0.593. The number of aryl methyl sites for hydroxylation is 2. The molecule has 0 bridgehead atoms. The van der Waals surface area contributed by atoms with E-state index in [0.29, 0.717) is 9.72 Å². The SMILES string of the molecule is Cc1ccc(C)c(-c2nc(I)no2)c1. The van der Waals surface area contributed by atoms with E-state index in [1.165, 1.54) is 5.56 Å². The molecule has 1 aromatic carbocycles. The molecule has 3 nitrogen and oxygen atoms in total. The highest BCUT2D eigenvalue weighted by molar-refractivity contribution is 14.1. The molecule has 4 heteroatoms. The minimum absolute atomic E-state index is 0.593. The highest BCUT2D eigenvalue weighted by Crippen LogP contribution is 2.22. The van der Waals surface area contributed by atoms with E-state index in [0.717, 1.165) is 11.1 Å². The third-order valence-corrected chi connectivity index (χ3v) is 2.46. The van der Waals surface area contributed by atoms with Crippen LogP contribution in [0.5, 0.6) is 0 Å². The third kappa shape index (κ3) is 1.79. The predicted octanol–water partition coefficient (Wildman–Crippen LogP) is 2.96. The van der Waals surface area contributed by atoms with Crippen LogP contribution in [0.2, 0.25) is 0 Å². The Morgan fingerprint density at radius 2 is 2.07 bits per heavy atom. The van der Waals surface area contributed by atoms with E-state index in [-0.39, 0.29) is 0 Å².